The molecule has 1 aromatic carbocycles. The second kappa shape index (κ2) is 9.74. The van der Waals surface area contributed by atoms with E-state index in [2.05, 4.69) is 9.47 Å². The monoisotopic (exact) mass is 244 g/mol. The van der Waals surface area contributed by atoms with Crippen LogP contribution < -0.4 is 14.2 Å². The Labute approximate surface area is 102 Å². The Kier molecular flexibility index (Phi) is 8.91. The molecule has 1 rings (SSSR count). The standard InChI is InChI=1S/C9H12O3.C3H8O2/c1-10-7-5-4-6-8(11-2)9(7)12-3;1-4-3-5-2/h4-6H,1-3H3;3H2,1-2H3. The molecular weight excluding hydrogens is 224 g/mol. The summed E-state index contributed by atoms with van der Waals surface area (Å²) in [5.41, 5.74) is 0. The predicted octanol–water partition coefficient (Wildman–Crippen LogP) is 1.95. The number of rotatable bonds is 5. The highest BCUT2D eigenvalue weighted by molar-refractivity contribution is 5.50. The minimum atomic E-state index is 0.389. The first-order valence-corrected chi connectivity index (χ1v) is 4.97. The SMILES string of the molecule is COCOC.COc1cccc(OC)c1OC. The second-order valence-electron chi connectivity index (χ2n) is 2.89. The normalized spacial score (nSPS) is 9.00. The molecule has 0 aliphatic heterocycles. The lowest BCUT2D eigenvalue weighted by Gasteiger charge is -2.10. The van der Waals surface area contributed by atoms with Gasteiger partial charge in [-0.2, -0.15) is 0 Å². The summed E-state index contributed by atoms with van der Waals surface area (Å²) in [6, 6.07) is 5.49. The van der Waals surface area contributed by atoms with Crippen molar-refractivity contribution in [3.8, 4) is 17.2 Å². The van der Waals surface area contributed by atoms with Crippen molar-refractivity contribution in [2.75, 3.05) is 42.3 Å². The van der Waals surface area contributed by atoms with Gasteiger partial charge in [0.2, 0.25) is 5.75 Å². The van der Waals surface area contributed by atoms with E-state index in [9.17, 15) is 0 Å². The third kappa shape index (κ3) is 5.42. The van der Waals surface area contributed by atoms with E-state index >= 15 is 0 Å². The van der Waals surface area contributed by atoms with Crippen LogP contribution in [-0.4, -0.2) is 42.3 Å². The second-order valence-corrected chi connectivity index (χ2v) is 2.89. The van der Waals surface area contributed by atoms with Crippen LogP contribution in [0.15, 0.2) is 18.2 Å². The molecule has 0 aromatic heterocycles. The average molecular weight is 244 g/mol. The highest BCUT2D eigenvalue weighted by Gasteiger charge is 2.08. The zero-order valence-electron chi connectivity index (χ0n) is 11.0. The van der Waals surface area contributed by atoms with Gasteiger partial charge in [0, 0.05) is 14.2 Å². The predicted molar refractivity (Wildman–Crippen MR) is 65.0 cm³/mol. The summed E-state index contributed by atoms with van der Waals surface area (Å²) in [5.74, 6) is 1.98. The van der Waals surface area contributed by atoms with Crippen molar-refractivity contribution < 1.29 is 23.7 Å². The van der Waals surface area contributed by atoms with Crippen molar-refractivity contribution in [2.24, 2.45) is 0 Å². The lowest BCUT2D eigenvalue weighted by Crippen LogP contribution is -1.93. The molecule has 0 radical (unpaired) electrons. The fourth-order valence-electron chi connectivity index (χ4n) is 1.14. The van der Waals surface area contributed by atoms with Crippen LogP contribution in [0.1, 0.15) is 0 Å². The van der Waals surface area contributed by atoms with E-state index in [4.69, 9.17) is 14.2 Å². The molecule has 1 aromatic rings. The van der Waals surface area contributed by atoms with Crippen molar-refractivity contribution in [3.63, 3.8) is 0 Å². The van der Waals surface area contributed by atoms with E-state index in [1.54, 1.807) is 35.5 Å². The number of hydrogen-bond acceptors (Lipinski definition) is 5. The Balaban J connectivity index is 0.000000437. The summed E-state index contributed by atoms with van der Waals surface area (Å²) in [4.78, 5) is 0. The van der Waals surface area contributed by atoms with Gasteiger partial charge in [0.05, 0.1) is 21.3 Å². The molecule has 0 atom stereocenters. The third-order valence-electron chi connectivity index (χ3n) is 1.82. The maximum absolute atomic E-state index is 5.11. The third-order valence-corrected chi connectivity index (χ3v) is 1.82. The molecule has 98 valence electrons. The molecular formula is C12H20O5. The van der Waals surface area contributed by atoms with Crippen molar-refractivity contribution in [1.29, 1.82) is 0 Å². The molecule has 0 saturated carbocycles. The molecule has 5 nitrogen and oxygen atoms in total. The lowest BCUT2D eigenvalue weighted by molar-refractivity contribution is -0.00271. The highest BCUT2D eigenvalue weighted by Crippen LogP contribution is 2.35. The minimum absolute atomic E-state index is 0.389. The van der Waals surface area contributed by atoms with Crippen LogP contribution in [0.5, 0.6) is 17.2 Å². The van der Waals surface area contributed by atoms with E-state index in [0.717, 1.165) is 0 Å². The van der Waals surface area contributed by atoms with E-state index in [1.807, 2.05) is 18.2 Å². The van der Waals surface area contributed by atoms with Crippen molar-refractivity contribution >= 4 is 0 Å². The molecule has 0 amide bonds. The van der Waals surface area contributed by atoms with Crippen LogP contribution >= 0.6 is 0 Å². The van der Waals surface area contributed by atoms with E-state index in [0.29, 0.717) is 24.0 Å². The van der Waals surface area contributed by atoms with Crippen LogP contribution in [0.25, 0.3) is 0 Å². The molecule has 0 fully saturated rings. The van der Waals surface area contributed by atoms with Gasteiger partial charge in [-0.25, -0.2) is 0 Å². The fourth-order valence-corrected chi connectivity index (χ4v) is 1.14. The van der Waals surface area contributed by atoms with Gasteiger partial charge in [-0.1, -0.05) is 6.07 Å². The topological polar surface area (TPSA) is 46.2 Å². The van der Waals surface area contributed by atoms with Crippen LogP contribution in [0, 0.1) is 0 Å². The number of ether oxygens (including phenoxy) is 5. The van der Waals surface area contributed by atoms with E-state index in [-0.39, 0.29) is 0 Å². The zero-order chi connectivity index (χ0) is 13.1. The van der Waals surface area contributed by atoms with E-state index in [1.165, 1.54) is 0 Å². The maximum atomic E-state index is 5.11. The molecule has 17 heavy (non-hydrogen) atoms. The lowest BCUT2D eigenvalue weighted by atomic mass is 10.3. The van der Waals surface area contributed by atoms with Gasteiger partial charge < -0.3 is 23.7 Å². The molecule has 0 aliphatic carbocycles. The summed E-state index contributed by atoms with van der Waals surface area (Å²) >= 11 is 0. The molecule has 0 spiro atoms. The van der Waals surface area contributed by atoms with Gasteiger partial charge in [0.15, 0.2) is 11.5 Å². The Morgan fingerprint density at radius 1 is 0.765 bits per heavy atom. The smallest absolute Gasteiger partial charge is 0.203 e. The summed E-state index contributed by atoms with van der Waals surface area (Å²) in [7, 11) is 7.95. The largest absolute Gasteiger partial charge is 0.493 e. The molecule has 0 unspecified atom stereocenters. The molecule has 0 N–H and O–H groups in total. The Morgan fingerprint density at radius 2 is 1.24 bits per heavy atom. The first-order valence-electron chi connectivity index (χ1n) is 4.97. The summed E-state index contributed by atoms with van der Waals surface area (Å²) < 4.78 is 24.2. The van der Waals surface area contributed by atoms with Gasteiger partial charge >= 0.3 is 0 Å². The summed E-state index contributed by atoms with van der Waals surface area (Å²) in [6.45, 7) is 0.389. The molecule has 0 aliphatic rings. The molecule has 0 heterocycles. The van der Waals surface area contributed by atoms with Crippen molar-refractivity contribution in [3.05, 3.63) is 18.2 Å². The molecule has 0 bridgehead atoms. The number of hydrogen-bond donors (Lipinski definition) is 0. The van der Waals surface area contributed by atoms with Gasteiger partial charge in [0.1, 0.15) is 6.79 Å². The number of para-hydroxylation sites is 1. The minimum Gasteiger partial charge on any atom is -0.493 e. The Morgan fingerprint density at radius 3 is 1.47 bits per heavy atom. The fraction of sp³-hybridized carbons (Fsp3) is 0.500. The summed E-state index contributed by atoms with van der Waals surface area (Å²) in [6.07, 6.45) is 0. The van der Waals surface area contributed by atoms with Crippen LogP contribution in [0.4, 0.5) is 0 Å². The van der Waals surface area contributed by atoms with Gasteiger partial charge in [-0.3, -0.25) is 0 Å². The molecule has 0 saturated heterocycles. The van der Waals surface area contributed by atoms with Crippen LogP contribution in [0.3, 0.4) is 0 Å². The van der Waals surface area contributed by atoms with Gasteiger partial charge in [-0.05, 0) is 12.1 Å². The van der Waals surface area contributed by atoms with Crippen LogP contribution in [0.2, 0.25) is 0 Å². The van der Waals surface area contributed by atoms with Gasteiger partial charge in [0.25, 0.3) is 0 Å². The maximum Gasteiger partial charge on any atom is 0.203 e. The Bertz CT molecular complexity index is 277. The highest BCUT2D eigenvalue weighted by atomic mass is 16.6. The van der Waals surface area contributed by atoms with Crippen molar-refractivity contribution in [1.82, 2.24) is 0 Å². The first kappa shape index (κ1) is 15.5. The van der Waals surface area contributed by atoms with Crippen molar-refractivity contribution in [2.45, 2.75) is 0 Å². The Hall–Kier alpha value is -1.46. The quantitative estimate of drug-likeness (QED) is 0.741. The first-order chi connectivity index (χ1) is 8.24. The number of benzene rings is 1. The molecule has 5 heteroatoms. The zero-order valence-corrected chi connectivity index (χ0v) is 11.0. The van der Waals surface area contributed by atoms with Gasteiger partial charge in [-0.15, -0.1) is 0 Å². The summed E-state index contributed by atoms with van der Waals surface area (Å²) in [5, 5.41) is 0. The number of methoxy groups -OCH3 is 5. The van der Waals surface area contributed by atoms with Crippen LogP contribution in [-0.2, 0) is 9.47 Å². The average Bonchev–Trinajstić information content (AvgIpc) is 2.39. The van der Waals surface area contributed by atoms with E-state index < -0.39 is 0 Å².